The zero-order valence-corrected chi connectivity index (χ0v) is 16.8. The minimum atomic E-state index is -1.22. The molecule has 2 atom stereocenters. The number of rotatable bonds is 6. The first-order valence-electron chi connectivity index (χ1n) is 9.45. The Morgan fingerprint density at radius 1 is 1.31 bits per heavy atom. The molecule has 2 aliphatic heterocycles. The van der Waals surface area contributed by atoms with E-state index < -0.39 is 11.0 Å². The second-order valence-corrected chi connectivity index (χ2v) is 10.5. The summed E-state index contributed by atoms with van der Waals surface area (Å²) < 4.78 is 16.0. The maximum absolute atomic E-state index is 13.0. The van der Waals surface area contributed by atoms with Gasteiger partial charge in [-0.1, -0.05) is 36.4 Å². The molecule has 1 N–H and O–H groups in total. The van der Waals surface area contributed by atoms with Crippen molar-refractivity contribution in [3.8, 4) is 0 Å². The Balaban J connectivity index is 2.05. The van der Waals surface area contributed by atoms with Crippen LogP contribution in [0.25, 0.3) is 0 Å². The first-order chi connectivity index (χ1) is 12.3. The molecule has 5 heteroatoms. The van der Waals surface area contributed by atoms with Gasteiger partial charge in [-0.2, -0.15) is 0 Å². The van der Waals surface area contributed by atoms with E-state index in [-0.39, 0.29) is 28.2 Å². The lowest BCUT2D eigenvalue weighted by Gasteiger charge is -2.57. The average molecular weight is 375 g/mol. The molecule has 1 aromatic carbocycles. The summed E-state index contributed by atoms with van der Waals surface area (Å²) in [6, 6.07) is 9.99. The highest BCUT2D eigenvalue weighted by molar-refractivity contribution is 7.84. The van der Waals surface area contributed by atoms with Crippen LogP contribution in [0, 0.1) is 5.92 Å². The van der Waals surface area contributed by atoms with Crippen LogP contribution < -0.4 is 4.72 Å². The molecule has 4 nitrogen and oxygen atoms in total. The molecule has 26 heavy (non-hydrogen) atoms. The van der Waals surface area contributed by atoms with Crippen LogP contribution in [-0.4, -0.2) is 31.8 Å². The van der Waals surface area contributed by atoms with E-state index in [2.05, 4.69) is 23.4 Å². The van der Waals surface area contributed by atoms with E-state index in [4.69, 9.17) is 0 Å². The highest BCUT2D eigenvalue weighted by atomic mass is 32.2. The normalized spacial score (nSPS) is 28.0. The number of carbonyl (C=O) groups excluding carboxylic acids is 1. The lowest BCUT2D eigenvalue weighted by Crippen LogP contribution is -2.66. The molecule has 0 spiro atoms. The van der Waals surface area contributed by atoms with Crippen LogP contribution in [-0.2, 0) is 15.8 Å². The Morgan fingerprint density at radius 3 is 2.46 bits per heavy atom. The predicted molar refractivity (Wildman–Crippen MR) is 107 cm³/mol. The molecule has 3 aliphatic rings. The number of nitrogens with zero attached hydrogens (tertiary/aromatic N) is 1. The fraction of sp³-hybridized carbons (Fsp3) is 0.571. The highest BCUT2D eigenvalue weighted by Crippen LogP contribution is 2.50. The van der Waals surface area contributed by atoms with Crippen molar-refractivity contribution in [2.45, 2.75) is 62.8 Å². The summed E-state index contributed by atoms with van der Waals surface area (Å²) in [5.41, 5.74) is 0.745. The van der Waals surface area contributed by atoms with Crippen LogP contribution in [0.15, 0.2) is 43.0 Å². The fourth-order valence-electron chi connectivity index (χ4n) is 4.34. The number of amides is 1. The molecule has 2 saturated heterocycles. The molecule has 2 unspecified atom stereocenters. The largest absolute Gasteiger partial charge is 0.331 e. The van der Waals surface area contributed by atoms with Crippen molar-refractivity contribution in [2.24, 2.45) is 5.92 Å². The quantitative estimate of drug-likeness (QED) is 0.771. The molecule has 2 bridgehead atoms. The zero-order valence-electron chi connectivity index (χ0n) is 16.0. The molecule has 1 amide bonds. The summed E-state index contributed by atoms with van der Waals surface area (Å²) in [6.07, 6.45) is 5.51. The number of carbonyl (C=O) groups is 1. The maximum atomic E-state index is 13.0. The molecule has 2 heterocycles. The van der Waals surface area contributed by atoms with Crippen molar-refractivity contribution in [3.63, 3.8) is 0 Å². The van der Waals surface area contributed by atoms with Gasteiger partial charge >= 0.3 is 0 Å². The number of nitrogens with one attached hydrogen (secondary N) is 1. The summed E-state index contributed by atoms with van der Waals surface area (Å²) in [6.45, 7) is 10.3. The summed E-state index contributed by atoms with van der Waals surface area (Å²) in [4.78, 5) is 15.0. The Morgan fingerprint density at radius 2 is 1.92 bits per heavy atom. The monoisotopic (exact) mass is 374 g/mol. The SMILES string of the molecule is C=CCN1C(=O)C2CCC1(C(NS(=O)C(C)(C)C)c1ccccc1)CC2. The van der Waals surface area contributed by atoms with Crippen LogP contribution in [0.5, 0.6) is 0 Å². The second-order valence-electron chi connectivity index (χ2n) is 8.46. The Labute approximate surface area is 159 Å². The summed E-state index contributed by atoms with van der Waals surface area (Å²) >= 11 is 0. The van der Waals surface area contributed by atoms with E-state index in [1.165, 1.54) is 0 Å². The lowest BCUT2D eigenvalue weighted by molar-refractivity contribution is -0.157. The number of fused-ring (bicyclic) bond motifs is 3. The van der Waals surface area contributed by atoms with E-state index in [9.17, 15) is 9.00 Å². The topological polar surface area (TPSA) is 49.4 Å². The van der Waals surface area contributed by atoms with Crippen molar-refractivity contribution in [1.82, 2.24) is 9.62 Å². The minimum Gasteiger partial charge on any atom is -0.331 e. The molecule has 142 valence electrons. The van der Waals surface area contributed by atoms with Gasteiger partial charge < -0.3 is 4.90 Å². The van der Waals surface area contributed by atoms with E-state index in [0.717, 1.165) is 31.2 Å². The number of piperidine rings is 2. The van der Waals surface area contributed by atoms with E-state index >= 15 is 0 Å². The van der Waals surface area contributed by atoms with Crippen molar-refractivity contribution in [3.05, 3.63) is 48.6 Å². The Kier molecular flexibility index (Phi) is 5.40. The molecule has 4 rings (SSSR count). The van der Waals surface area contributed by atoms with Crippen LogP contribution in [0.1, 0.15) is 58.1 Å². The van der Waals surface area contributed by atoms with Crippen molar-refractivity contribution in [2.75, 3.05) is 6.54 Å². The molecular weight excluding hydrogens is 344 g/mol. The first-order valence-corrected chi connectivity index (χ1v) is 10.6. The van der Waals surface area contributed by atoms with Gasteiger partial charge in [-0.15, -0.1) is 6.58 Å². The third kappa shape index (κ3) is 3.39. The van der Waals surface area contributed by atoms with Crippen molar-refractivity contribution >= 4 is 16.9 Å². The molecule has 1 saturated carbocycles. The Bertz CT molecular complexity index is 688. The lowest BCUT2D eigenvalue weighted by atomic mass is 9.65. The van der Waals surface area contributed by atoms with Gasteiger partial charge in [0.2, 0.25) is 5.91 Å². The molecule has 0 radical (unpaired) electrons. The molecule has 1 aliphatic carbocycles. The van der Waals surface area contributed by atoms with Gasteiger partial charge in [0, 0.05) is 12.5 Å². The smallest absolute Gasteiger partial charge is 0.226 e. The summed E-state index contributed by atoms with van der Waals surface area (Å²) in [5, 5.41) is 0. The average Bonchev–Trinajstić information content (AvgIpc) is 2.63. The molecule has 3 fully saturated rings. The standard InChI is InChI=1S/C21H30N2O2S/c1-5-15-23-19(24)17-11-13-21(23,14-12-17)18(16-9-7-6-8-10-16)22-26(25)20(2,3)4/h5-10,17-18,22H,1,11-15H2,2-4H3. The van der Waals surface area contributed by atoms with E-state index in [0.29, 0.717) is 6.54 Å². The third-order valence-corrected chi connectivity index (χ3v) is 7.33. The van der Waals surface area contributed by atoms with Crippen LogP contribution in [0.4, 0.5) is 0 Å². The summed E-state index contributed by atoms with van der Waals surface area (Å²) in [7, 11) is -1.22. The predicted octanol–water partition coefficient (Wildman–Crippen LogP) is 3.74. The van der Waals surface area contributed by atoms with E-state index in [1.54, 1.807) is 0 Å². The minimum absolute atomic E-state index is 0.140. The van der Waals surface area contributed by atoms with Gasteiger partial charge in [0.15, 0.2) is 0 Å². The van der Waals surface area contributed by atoms with Crippen LogP contribution >= 0.6 is 0 Å². The Hall–Kier alpha value is -1.46. The van der Waals surface area contributed by atoms with Crippen molar-refractivity contribution < 1.29 is 9.00 Å². The van der Waals surface area contributed by atoms with Gasteiger partial charge in [0.1, 0.15) is 0 Å². The van der Waals surface area contributed by atoms with Gasteiger partial charge in [0.25, 0.3) is 0 Å². The van der Waals surface area contributed by atoms with Crippen LogP contribution in [0.3, 0.4) is 0 Å². The second kappa shape index (κ2) is 7.28. The third-order valence-electron chi connectivity index (χ3n) is 5.77. The number of benzene rings is 1. The zero-order chi connectivity index (χ0) is 18.9. The van der Waals surface area contributed by atoms with Gasteiger partial charge in [-0.25, -0.2) is 8.93 Å². The van der Waals surface area contributed by atoms with Gasteiger partial charge in [-0.05, 0) is 52.0 Å². The van der Waals surface area contributed by atoms with Crippen LogP contribution in [0.2, 0.25) is 0 Å². The van der Waals surface area contributed by atoms with Gasteiger partial charge in [0.05, 0.1) is 27.3 Å². The maximum Gasteiger partial charge on any atom is 0.226 e. The molecular formula is C21H30N2O2S. The number of hydrogen-bond acceptors (Lipinski definition) is 2. The molecule has 1 aromatic rings. The fourth-order valence-corrected chi connectivity index (χ4v) is 5.26. The highest BCUT2D eigenvalue weighted by Gasteiger charge is 2.55. The number of hydrogen-bond donors (Lipinski definition) is 1. The van der Waals surface area contributed by atoms with Gasteiger partial charge in [-0.3, -0.25) is 4.79 Å². The van der Waals surface area contributed by atoms with E-state index in [1.807, 2.05) is 49.9 Å². The molecule has 0 aromatic heterocycles. The summed E-state index contributed by atoms with van der Waals surface area (Å²) in [5.74, 6) is 0.369. The van der Waals surface area contributed by atoms with Crippen molar-refractivity contribution in [1.29, 1.82) is 0 Å². The first kappa shape index (κ1) is 19.3.